The number of anilines is 2. The van der Waals surface area contributed by atoms with Crippen LogP contribution in [0.5, 0.6) is 0 Å². The molecular formula is C15H14F2N2S. The molecule has 20 heavy (non-hydrogen) atoms. The number of hydrogen-bond acceptors (Lipinski definition) is 2. The van der Waals surface area contributed by atoms with Gasteiger partial charge in [-0.05, 0) is 37.1 Å². The highest BCUT2D eigenvalue weighted by Gasteiger charge is 2.16. The zero-order valence-electron chi connectivity index (χ0n) is 11.1. The predicted molar refractivity (Wildman–Crippen MR) is 81.4 cm³/mol. The van der Waals surface area contributed by atoms with Crippen molar-refractivity contribution >= 4 is 28.6 Å². The summed E-state index contributed by atoms with van der Waals surface area (Å²) in [5, 5.41) is 2.92. The van der Waals surface area contributed by atoms with Crippen molar-refractivity contribution in [1.82, 2.24) is 0 Å². The fourth-order valence-electron chi connectivity index (χ4n) is 1.98. The molecule has 5 heteroatoms. The van der Waals surface area contributed by atoms with Gasteiger partial charge in [-0.1, -0.05) is 30.4 Å². The van der Waals surface area contributed by atoms with Gasteiger partial charge < -0.3 is 11.1 Å². The molecule has 0 amide bonds. The molecule has 0 radical (unpaired) electrons. The van der Waals surface area contributed by atoms with E-state index in [0.29, 0.717) is 0 Å². The van der Waals surface area contributed by atoms with Gasteiger partial charge in [-0.15, -0.1) is 0 Å². The minimum absolute atomic E-state index is 0.0555. The van der Waals surface area contributed by atoms with E-state index in [4.69, 9.17) is 5.73 Å². The highest BCUT2D eigenvalue weighted by molar-refractivity contribution is 7.80. The smallest absolute Gasteiger partial charge is 0.182 e. The van der Waals surface area contributed by atoms with E-state index in [1.54, 1.807) is 0 Å². The molecular weight excluding hydrogens is 278 g/mol. The lowest BCUT2D eigenvalue weighted by molar-refractivity contribution is 0.510. The second-order valence-electron chi connectivity index (χ2n) is 4.54. The van der Waals surface area contributed by atoms with Crippen LogP contribution in [0.25, 0.3) is 0 Å². The van der Waals surface area contributed by atoms with Crippen LogP contribution in [0.4, 0.5) is 20.2 Å². The number of benzene rings is 2. The summed E-state index contributed by atoms with van der Waals surface area (Å²) in [6.45, 7) is 3.79. The Morgan fingerprint density at radius 3 is 2.20 bits per heavy atom. The van der Waals surface area contributed by atoms with Crippen LogP contribution in [-0.4, -0.2) is 4.99 Å². The highest BCUT2D eigenvalue weighted by Crippen LogP contribution is 2.28. The maximum absolute atomic E-state index is 14.0. The lowest BCUT2D eigenvalue weighted by atomic mass is 10.1. The number of thiocarbonyl (C=S) groups is 1. The third-order valence-corrected chi connectivity index (χ3v) is 3.31. The Labute approximate surface area is 121 Å². The van der Waals surface area contributed by atoms with Crippen molar-refractivity contribution in [3.8, 4) is 0 Å². The number of aryl methyl sites for hydroxylation is 2. The second kappa shape index (κ2) is 5.54. The first-order valence-electron chi connectivity index (χ1n) is 6.03. The van der Waals surface area contributed by atoms with Crippen LogP contribution < -0.4 is 11.1 Å². The molecule has 0 fully saturated rings. The molecule has 0 bridgehead atoms. The molecule has 0 aromatic heterocycles. The Morgan fingerprint density at radius 2 is 1.65 bits per heavy atom. The van der Waals surface area contributed by atoms with Gasteiger partial charge in [-0.25, -0.2) is 8.78 Å². The van der Waals surface area contributed by atoms with E-state index < -0.39 is 11.6 Å². The van der Waals surface area contributed by atoms with Gasteiger partial charge in [-0.2, -0.15) is 0 Å². The SMILES string of the molecule is Cc1cccc(C)c1Nc1ccc(C(N)=S)c(F)c1F. The number of halogens is 2. The van der Waals surface area contributed by atoms with Crippen molar-refractivity contribution in [3.63, 3.8) is 0 Å². The average Bonchev–Trinajstić information content (AvgIpc) is 2.38. The standard InChI is InChI=1S/C15H14F2N2S/c1-8-4-3-5-9(2)14(8)19-11-7-6-10(15(18)20)12(16)13(11)17/h3-7,19H,1-2H3,(H2,18,20). The fourth-order valence-corrected chi connectivity index (χ4v) is 2.14. The minimum Gasteiger partial charge on any atom is -0.389 e. The van der Waals surface area contributed by atoms with E-state index in [1.807, 2.05) is 32.0 Å². The van der Waals surface area contributed by atoms with Crippen LogP contribution in [0.2, 0.25) is 0 Å². The van der Waals surface area contributed by atoms with E-state index in [2.05, 4.69) is 17.5 Å². The van der Waals surface area contributed by atoms with Gasteiger partial charge in [0.2, 0.25) is 0 Å². The summed E-state index contributed by atoms with van der Waals surface area (Å²) in [6, 6.07) is 8.50. The van der Waals surface area contributed by atoms with Gasteiger partial charge in [0.1, 0.15) is 4.99 Å². The Hall–Kier alpha value is -2.01. The van der Waals surface area contributed by atoms with Gasteiger partial charge >= 0.3 is 0 Å². The zero-order chi connectivity index (χ0) is 14.9. The molecule has 2 rings (SSSR count). The summed E-state index contributed by atoms with van der Waals surface area (Å²) < 4.78 is 27.9. The molecule has 0 spiro atoms. The van der Waals surface area contributed by atoms with Gasteiger partial charge in [0.25, 0.3) is 0 Å². The molecule has 104 valence electrons. The molecule has 2 nitrogen and oxygen atoms in total. The van der Waals surface area contributed by atoms with Crippen molar-refractivity contribution in [2.75, 3.05) is 5.32 Å². The Kier molecular flexibility index (Phi) is 3.99. The van der Waals surface area contributed by atoms with E-state index in [9.17, 15) is 8.78 Å². The number of rotatable bonds is 3. The van der Waals surface area contributed by atoms with Crippen molar-refractivity contribution in [2.45, 2.75) is 13.8 Å². The first-order chi connectivity index (χ1) is 9.41. The monoisotopic (exact) mass is 292 g/mol. The van der Waals surface area contributed by atoms with Crippen LogP contribution >= 0.6 is 12.2 Å². The van der Waals surface area contributed by atoms with Crippen LogP contribution in [-0.2, 0) is 0 Å². The van der Waals surface area contributed by atoms with Crippen molar-refractivity contribution in [3.05, 3.63) is 58.7 Å². The molecule has 0 saturated carbocycles. The first-order valence-corrected chi connectivity index (χ1v) is 6.43. The van der Waals surface area contributed by atoms with Crippen molar-refractivity contribution in [2.24, 2.45) is 5.73 Å². The Bertz CT molecular complexity index is 664. The maximum atomic E-state index is 14.0. The number of nitrogens with one attached hydrogen (secondary N) is 1. The summed E-state index contributed by atoms with van der Waals surface area (Å²) >= 11 is 4.67. The van der Waals surface area contributed by atoms with Gasteiger partial charge in [0.15, 0.2) is 11.6 Å². The number of nitrogens with two attached hydrogens (primary N) is 1. The third-order valence-electron chi connectivity index (χ3n) is 3.09. The third kappa shape index (κ3) is 2.63. The molecule has 0 saturated heterocycles. The normalized spacial score (nSPS) is 10.4. The van der Waals surface area contributed by atoms with E-state index >= 15 is 0 Å². The largest absolute Gasteiger partial charge is 0.389 e. The Morgan fingerprint density at radius 1 is 1.05 bits per heavy atom. The molecule has 0 aliphatic rings. The number of para-hydroxylation sites is 1. The summed E-state index contributed by atoms with van der Waals surface area (Å²) in [6.07, 6.45) is 0. The fraction of sp³-hybridized carbons (Fsp3) is 0.133. The average molecular weight is 292 g/mol. The minimum atomic E-state index is -1.03. The molecule has 0 unspecified atom stereocenters. The number of hydrogen-bond donors (Lipinski definition) is 2. The van der Waals surface area contributed by atoms with Crippen LogP contribution in [0, 0.1) is 25.5 Å². The van der Waals surface area contributed by atoms with E-state index in [0.717, 1.165) is 16.8 Å². The summed E-state index contributed by atoms with van der Waals surface area (Å²) in [7, 11) is 0. The quantitative estimate of drug-likeness (QED) is 0.841. The lowest BCUT2D eigenvalue weighted by Crippen LogP contribution is -2.13. The molecule has 0 aliphatic carbocycles. The second-order valence-corrected chi connectivity index (χ2v) is 4.98. The molecule has 2 aromatic carbocycles. The van der Waals surface area contributed by atoms with Gasteiger partial charge in [0, 0.05) is 11.3 Å². The molecule has 0 aliphatic heterocycles. The van der Waals surface area contributed by atoms with Crippen molar-refractivity contribution in [1.29, 1.82) is 0 Å². The predicted octanol–water partition coefficient (Wildman–Crippen LogP) is 3.96. The Balaban J connectivity index is 2.45. The van der Waals surface area contributed by atoms with Crippen LogP contribution in [0.1, 0.15) is 16.7 Å². The molecule has 0 atom stereocenters. The summed E-state index contributed by atoms with van der Waals surface area (Å²) in [5.74, 6) is -2.02. The van der Waals surface area contributed by atoms with Gasteiger partial charge in [-0.3, -0.25) is 0 Å². The molecule has 2 aromatic rings. The van der Waals surface area contributed by atoms with Gasteiger partial charge in [0.05, 0.1) is 5.69 Å². The molecule has 0 heterocycles. The van der Waals surface area contributed by atoms with Crippen molar-refractivity contribution < 1.29 is 8.78 Å². The summed E-state index contributed by atoms with van der Waals surface area (Å²) in [4.78, 5) is -0.167. The maximum Gasteiger partial charge on any atom is 0.182 e. The lowest BCUT2D eigenvalue weighted by Gasteiger charge is -2.14. The van der Waals surface area contributed by atoms with Crippen LogP contribution in [0.3, 0.4) is 0 Å². The van der Waals surface area contributed by atoms with Crippen LogP contribution in [0.15, 0.2) is 30.3 Å². The summed E-state index contributed by atoms with van der Waals surface area (Å²) in [5.41, 5.74) is 7.95. The first kappa shape index (κ1) is 14.4. The zero-order valence-corrected chi connectivity index (χ0v) is 11.9. The topological polar surface area (TPSA) is 38.0 Å². The van der Waals surface area contributed by atoms with E-state index in [-0.39, 0.29) is 16.2 Å². The molecule has 3 N–H and O–H groups in total. The highest BCUT2D eigenvalue weighted by atomic mass is 32.1. The van der Waals surface area contributed by atoms with E-state index in [1.165, 1.54) is 12.1 Å².